The molecule has 1 aliphatic heterocycles. The molecule has 0 saturated carbocycles. The van der Waals surface area contributed by atoms with E-state index in [0.717, 1.165) is 5.01 Å². The molecular weight excluding hydrogens is 344 g/mol. The second kappa shape index (κ2) is 11.6. The predicted octanol–water partition coefficient (Wildman–Crippen LogP) is 2.12. The molecule has 0 aromatic rings. The fraction of sp³-hybridized carbons (Fsp3) is 0.421. The van der Waals surface area contributed by atoms with Gasteiger partial charge in [0.1, 0.15) is 12.4 Å². The average Bonchev–Trinajstić information content (AvgIpc) is 2.64. The van der Waals surface area contributed by atoms with Crippen molar-refractivity contribution >= 4 is 29.5 Å². The molecule has 0 atom stereocenters. The average molecular weight is 372 g/mol. The van der Waals surface area contributed by atoms with Crippen molar-refractivity contribution in [1.29, 1.82) is 5.41 Å². The number of hydrogen-bond acceptors (Lipinski definition) is 6. The second-order valence-electron chi connectivity index (χ2n) is 5.60. The lowest BCUT2D eigenvalue weighted by Crippen LogP contribution is -2.44. The van der Waals surface area contributed by atoms with Crippen LogP contribution in [0.3, 0.4) is 0 Å². The number of hydrazone groups is 1. The molecular formula is C19H28N6O2. The molecule has 27 heavy (non-hydrogen) atoms. The SMILES string of the molecule is C\C=C/C=N\C(=C\CC)NC(=O)CN1N=C(CC)C(=N)/C(=C\NCC)C1=O. The van der Waals surface area contributed by atoms with Crippen molar-refractivity contribution in [2.75, 3.05) is 13.1 Å². The van der Waals surface area contributed by atoms with E-state index < -0.39 is 11.8 Å². The molecule has 0 fully saturated rings. The molecule has 146 valence electrons. The summed E-state index contributed by atoms with van der Waals surface area (Å²) in [6.45, 7) is 7.92. The van der Waals surface area contributed by atoms with Crippen LogP contribution in [0.25, 0.3) is 0 Å². The van der Waals surface area contributed by atoms with Gasteiger partial charge in [-0.05, 0) is 38.8 Å². The van der Waals surface area contributed by atoms with Crippen LogP contribution in [0, 0.1) is 5.41 Å². The van der Waals surface area contributed by atoms with Crippen LogP contribution in [-0.2, 0) is 9.59 Å². The minimum Gasteiger partial charge on any atom is -0.390 e. The molecule has 8 nitrogen and oxygen atoms in total. The molecule has 0 saturated heterocycles. The fourth-order valence-corrected chi connectivity index (χ4v) is 2.19. The Morgan fingerprint density at radius 3 is 2.67 bits per heavy atom. The standard InChI is InChI=1S/C19H28N6O2/c1-5-9-11-22-16(10-6-2)23-17(26)13-25-19(27)14(12-21-8-4)18(20)15(7-3)24-25/h5,9-12,20-21H,6-8,13H2,1-4H3,(H,23,26)/b9-5-,14-12+,16-10-,20-18?,22-11-. The highest BCUT2D eigenvalue weighted by molar-refractivity contribution is 6.53. The first kappa shape index (κ1) is 22.0. The summed E-state index contributed by atoms with van der Waals surface area (Å²) in [4.78, 5) is 29.2. The van der Waals surface area contributed by atoms with E-state index in [9.17, 15) is 9.59 Å². The Bertz CT molecular complexity index is 716. The summed E-state index contributed by atoms with van der Waals surface area (Å²) in [5.74, 6) is -0.469. The Morgan fingerprint density at radius 1 is 1.33 bits per heavy atom. The lowest BCUT2D eigenvalue weighted by atomic mass is 10.0. The number of hydrogen-bond donors (Lipinski definition) is 3. The number of rotatable bonds is 9. The van der Waals surface area contributed by atoms with Crippen LogP contribution in [0.15, 0.2) is 45.9 Å². The summed E-state index contributed by atoms with van der Waals surface area (Å²) >= 11 is 0. The number of nitrogens with zero attached hydrogens (tertiary/aromatic N) is 3. The minimum atomic E-state index is -0.480. The smallest absolute Gasteiger partial charge is 0.278 e. The maximum absolute atomic E-state index is 12.6. The molecule has 1 heterocycles. The maximum Gasteiger partial charge on any atom is 0.278 e. The third-order valence-electron chi connectivity index (χ3n) is 3.50. The van der Waals surface area contributed by atoms with Crippen molar-refractivity contribution in [2.24, 2.45) is 10.1 Å². The van der Waals surface area contributed by atoms with Gasteiger partial charge in [0.2, 0.25) is 5.91 Å². The largest absolute Gasteiger partial charge is 0.390 e. The third-order valence-corrected chi connectivity index (χ3v) is 3.50. The van der Waals surface area contributed by atoms with Crippen LogP contribution in [0.4, 0.5) is 0 Å². The van der Waals surface area contributed by atoms with Gasteiger partial charge in [-0.25, -0.2) is 10.0 Å². The van der Waals surface area contributed by atoms with E-state index in [1.165, 1.54) is 6.20 Å². The molecule has 3 N–H and O–H groups in total. The van der Waals surface area contributed by atoms with Crippen LogP contribution in [0.1, 0.15) is 40.5 Å². The molecule has 1 rings (SSSR count). The number of amides is 2. The van der Waals surface area contributed by atoms with Crippen molar-refractivity contribution in [2.45, 2.75) is 40.5 Å². The summed E-state index contributed by atoms with van der Waals surface area (Å²) in [5, 5.41) is 19.0. The van der Waals surface area contributed by atoms with Gasteiger partial charge in [-0.15, -0.1) is 0 Å². The Labute approximate surface area is 160 Å². The van der Waals surface area contributed by atoms with Crippen molar-refractivity contribution in [1.82, 2.24) is 15.6 Å². The lowest BCUT2D eigenvalue weighted by molar-refractivity contribution is -0.132. The topological polar surface area (TPSA) is 110 Å². The predicted molar refractivity (Wildman–Crippen MR) is 109 cm³/mol. The van der Waals surface area contributed by atoms with Crippen molar-refractivity contribution < 1.29 is 9.59 Å². The monoisotopic (exact) mass is 372 g/mol. The van der Waals surface area contributed by atoms with E-state index in [2.05, 4.69) is 20.7 Å². The normalized spacial score (nSPS) is 17.2. The third kappa shape index (κ3) is 6.65. The highest BCUT2D eigenvalue weighted by Gasteiger charge is 2.30. The first-order chi connectivity index (χ1) is 13.0. The molecule has 0 spiro atoms. The zero-order valence-electron chi connectivity index (χ0n) is 16.4. The summed E-state index contributed by atoms with van der Waals surface area (Å²) in [5.41, 5.74) is 0.747. The number of allylic oxidation sites excluding steroid dienone is 3. The number of nitrogens with one attached hydrogen (secondary N) is 3. The zero-order chi connectivity index (χ0) is 20.2. The molecule has 0 bridgehead atoms. The summed E-state index contributed by atoms with van der Waals surface area (Å²) < 4.78 is 0. The first-order valence-electron chi connectivity index (χ1n) is 9.05. The maximum atomic E-state index is 12.6. The van der Waals surface area contributed by atoms with Gasteiger partial charge in [-0.1, -0.05) is 19.9 Å². The first-order valence-corrected chi connectivity index (χ1v) is 9.05. The van der Waals surface area contributed by atoms with Gasteiger partial charge in [0.25, 0.3) is 5.91 Å². The molecule has 1 aliphatic rings. The van der Waals surface area contributed by atoms with Gasteiger partial charge in [-0.2, -0.15) is 5.10 Å². The van der Waals surface area contributed by atoms with Crippen LogP contribution in [0.5, 0.6) is 0 Å². The summed E-state index contributed by atoms with van der Waals surface area (Å²) in [6.07, 6.45) is 9.64. The van der Waals surface area contributed by atoms with E-state index in [-0.39, 0.29) is 17.8 Å². The second-order valence-corrected chi connectivity index (χ2v) is 5.60. The van der Waals surface area contributed by atoms with E-state index in [1.54, 1.807) is 18.4 Å². The quantitative estimate of drug-likeness (QED) is 0.426. The Morgan fingerprint density at radius 2 is 2.07 bits per heavy atom. The molecule has 0 radical (unpaired) electrons. The van der Waals surface area contributed by atoms with Gasteiger partial charge in [0, 0.05) is 19.0 Å². The summed E-state index contributed by atoms with van der Waals surface area (Å²) in [7, 11) is 0. The van der Waals surface area contributed by atoms with Gasteiger partial charge >= 0.3 is 0 Å². The number of carbonyl (C=O) groups excluding carboxylic acids is 2. The van der Waals surface area contributed by atoms with Crippen LogP contribution in [-0.4, -0.2) is 47.6 Å². The minimum absolute atomic E-state index is 0.0858. The molecule has 0 aromatic carbocycles. The summed E-state index contributed by atoms with van der Waals surface area (Å²) in [6, 6.07) is 0. The molecule has 8 heteroatoms. The Kier molecular flexibility index (Phi) is 9.42. The van der Waals surface area contributed by atoms with Gasteiger partial charge in [-0.3, -0.25) is 15.0 Å². The van der Waals surface area contributed by atoms with Crippen LogP contribution < -0.4 is 10.6 Å². The fourth-order valence-electron chi connectivity index (χ4n) is 2.19. The highest BCUT2D eigenvalue weighted by Crippen LogP contribution is 2.14. The van der Waals surface area contributed by atoms with Crippen LogP contribution in [0.2, 0.25) is 0 Å². The van der Waals surface area contributed by atoms with Gasteiger partial charge in [0.15, 0.2) is 0 Å². The van der Waals surface area contributed by atoms with E-state index >= 15 is 0 Å². The lowest BCUT2D eigenvalue weighted by Gasteiger charge is -2.25. The number of carbonyl (C=O) groups is 2. The molecule has 0 aromatic heterocycles. The Hall–Kier alpha value is -3.03. The zero-order valence-corrected chi connectivity index (χ0v) is 16.4. The van der Waals surface area contributed by atoms with Crippen molar-refractivity contribution in [3.05, 3.63) is 35.8 Å². The number of aliphatic imine (C=N–C) groups is 1. The van der Waals surface area contributed by atoms with E-state index in [0.29, 0.717) is 30.9 Å². The van der Waals surface area contributed by atoms with Crippen molar-refractivity contribution in [3.63, 3.8) is 0 Å². The van der Waals surface area contributed by atoms with E-state index in [4.69, 9.17) is 5.41 Å². The van der Waals surface area contributed by atoms with Crippen molar-refractivity contribution in [3.8, 4) is 0 Å². The molecule has 0 unspecified atom stereocenters. The Balaban J connectivity index is 2.95. The van der Waals surface area contributed by atoms with Crippen LogP contribution >= 0.6 is 0 Å². The molecule has 0 aliphatic carbocycles. The molecule has 2 amide bonds. The van der Waals surface area contributed by atoms with Gasteiger partial charge in [0.05, 0.1) is 17.0 Å². The van der Waals surface area contributed by atoms with E-state index in [1.807, 2.05) is 33.8 Å². The van der Waals surface area contributed by atoms with Gasteiger partial charge < -0.3 is 10.6 Å². The highest BCUT2D eigenvalue weighted by atomic mass is 16.2.